The van der Waals surface area contributed by atoms with Crippen LogP contribution in [0.4, 0.5) is 4.79 Å². The third kappa shape index (κ3) is 10.2. The second kappa shape index (κ2) is 11.2. The monoisotopic (exact) mass is 355 g/mol. The number of rotatable bonds is 8. The van der Waals surface area contributed by atoms with Crippen molar-refractivity contribution < 1.29 is 9.53 Å². The third-order valence-electron chi connectivity index (χ3n) is 4.03. The number of carbonyl (C=O) groups excluding carboxylic acids is 1. The summed E-state index contributed by atoms with van der Waals surface area (Å²) in [7, 11) is 1.90. The van der Waals surface area contributed by atoms with E-state index >= 15 is 0 Å². The molecule has 0 bridgehead atoms. The number of unbranched alkanes of at least 4 members (excludes halogenated alkanes) is 1. The van der Waals surface area contributed by atoms with Gasteiger partial charge in [-0.3, -0.25) is 4.99 Å². The summed E-state index contributed by atoms with van der Waals surface area (Å²) in [5.41, 5.74) is -0.437. The number of carbonyl (C=O) groups is 1. The van der Waals surface area contributed by atoms with E-state index in [9.17, 15) is 4.79 Å². The molecule has 25 heavy (non-hydrogen) atoms. The number of hydrogen-bond donors (Lipinski definition) is 4. The quantitative estimate of drug-likeness (QED) is 0.304. The first-order chi connectivity index (χ1) is 11.8. The van der Waals surface area contributed by atoms with E-state index in [0.717, 1.165) is 38.3 Å². The number of nitrogens with zero attached hydrogens (tertiary/aromatic N) is 1. The molecule has 0 heterocycles. The zero-order chi connectivity index (χ0) is 18.7. The van der Waals surface area contributed by atoms with Crippen molar-refractivity contribution >= 4 is 12.1 Å². The molecule has 7 nitrogen and oxygen atoms in total. The van der Waals surface area contributed by atoms with Crippen molar-refractivity contribution in [3.05, 3.63) is 0 Å². The van der Waals surface area contributed by atoms with Crippen LogP contribution in [0.2, 0.25) is 0 Å². The Balaban J connectivity index is 2.06. The van der Waals surface area contributed by atoms with Gasteiger partial charge < -0.3 is 26.0 Å². The number of aliphatic imine (C=N–C) groups is 1. The maximum Gasteiger partial charge on any atom is 0.407 e. The summed E-state index contributed by atoms with van der Waals surface area (Å²) in [5, 5.41) is 13.0. The fourth-order valence-electron chi connectivity index (χ4n) is 2.91. The Morgan fingerprint density at radius 1 is 1.16 bits per heavy atom. The second-order valence-corrected chi connectivity index (χ2v) is 7.51. The normalized spacial score (nSPS) is 21.1. The van der Waals surface area contributed by atoms with Gasteiger partial charge in [0.15, 0.2) is 5.96 Å². The zero-order valence-corrected chi connectivity index (χ0v) is 16.6. The summed E-state index contributed by atoms with van der Waals surface area (Å²) in [6.45, 7) is 10.1. The SMILES string of the molecule is CC/N=C(\NC)N[C@H]1CC[C@H](NCCCCNC(=O)OC(C)(C)C)C1. The Morgan fingerprint density at radius 2 is 1.84 bits per heavy atom. The molecule has 1 saturated carbocycles. The minimum absolute atomic E-state index is 0.334. The fourth-order valence-corrected chi connectivity index (χ4v) is 2.91. The first-order valence-electron chi connectivity index (χ1n) is 9.53. The zero-order valence-electron chi connectivity index (χ0n) is 16.6. The van der Waals surface area contributed by atoms with E-state index < -0.39 is 5.60 Å². The van der Waals surface area contributed by atoms with E-state index in [2.05, 4.69) is 26.3 Å². The Kier molecular flexibility index (Phi) is 9.63. The van der Waals surface area contributed by atoms with Crippen LogP contribution in [0, 0.1) is 0 Å². The van der Waals surface area contributed by atoms with Crippen molar-refractivity contribution in [2.24, 2.45) is 4.99 Å². The predicted octanol–water partition coefficient (Wildman–Crippen LogP) is 1.99. The Bertz CT molecular complexity index is 420. The molecule has 1 fully saturated rings. The van der Waals surface area contributed by atoms with Gasteiger partial charge in [-0.2, -0.15) is 0 Å². The van der Waals surface area contributed by atoms with Crippen molar-refractivity contribution in [1.29, 1.82) is 0 Å². The molecule has 1 rings (SSSR count). The van der Waals surface area contributed by atoms with Crippen LogP contribution in [0.5, 0.6) is 0 Å². The molecule has 0 spiro atoms. The first kappa shape index (κ1) is 21.5. The summed E-state index contributed by atoms with van der Waals surface area (Å²) < 4.78 is 5.21. The van der Waals surface area contributed by atoms with Gasteiger partial charge in [-0.05, 0) is 66.3 Å². The lowest BCUT2D eigenvalue weighted by Crippen LogP contribution is -2.41. The van der Waals surface area contributed by atoms with Gasteiger partial charge in [0.05, 0.1) is 0 Å². The topological polar surface area (TPSA) is 86.8 Å². The molecule has 0 aromatic carbocycles. The lowest BCUT2D eigenvalue weighted by Gasteiger charge is -2.19. The van der Waals surface area contributed by atoms with E-state index in [1.54, 1.807) is 0 Å². The highest BCUT2D eigenvalue weighted by Crippen LogP contribution is 2.19. The highest BCUT2D eigenvalue weighted by atomic mass is 16.6. The standard InChI is InChI=1S/C18H37N5O2/c1-6-20-16(19-5)23-15-10-9-14(13-15)21-11-7-8-12-22-17(24)25-18(2,3)4/h14-15,21H,6-13H2,1-5H3,(H,22,24)(H2,19,20,23)/t14-,15-/m0/s1. The molecule has 1 aliphatic carbocycles. The van der Waals surface area contributed by atoms with Crippen molar-refractivity contribution in [2.75, 3.05) is 26.7 Å². The molecule has 0 aliphatic heterocycles. The Morgan fingerprint density at radius 3 is 2.48 bits per heavy atom. The molecular weight excluding hydrogens is 318 g/mol. The maximum absolute atomic E-state index is 11.5. The number of nitrogens with one attached hydrogen (secondary N) is 4. The molecular formula is C18H37N5O2. The van der Waals surface area contributed by atoms with Crippen LogP contribution >= 0.6 is 0 Å². The third-order valence-corrected chi connectivity index (χ3v) is 4.03. The molecule has 0 unspecified atom stereocenters. The molecule has 146 valence electrons. The molecule has 2 atom stereocenters. The number of hydrogen-bond acceptors (Lipinski definition) is 4. The molecule has 1 amide bonds. The van der Waals surface area contributed by atoms with Crippen LogP contribution in [-0.4, -0.2) is 56.4 Å². The van der Waals surface area contributed by atoms with Crippen molar-refractivity contribution in [3.63, 3.8) is 0 Å². The molecule has 7 heteroatoms. The smallest absolute Gasteiger partial charge is 0.407 e. The van der Waals surface area contributed by atoms with Crippen LogP contribution in [0.25, 0.3) is 0 Å². The van der Waals surface area contributed by atoms with Crippen molar-refractivity contribution in [2.45, 2.75) is 77.5 Å². The van der Waals surface area contributed by atoms with Crippen molar-refractivity contribution in [1.82, 2.24) is 21.3 Å². The number of guanidine groups is 1. The number of amides is 1. The lowest BCUT2D eigenvalue weighted by molar-refractivity contribution is 0.0527. The summed E-state index contributed by atoms with van der Waals surface area (Å²) in [6.07, 6.45) is 5.15. The largest absolute Gasteiger partial charge is 0.444 e. The van der Waals surface area contributed by atoms with Gasteiger partial charge in [-0.15, -0.1) is 0 Å². The van der Waals surface area contributed by atoms with E-state index in [1.165, 1.54) is 12.8 Å². The van der Waals surface area contributed by atoms with Crippen LogP contribution in [0.3, 0.4) is 0 Å². The summed E-state index contributed by atoms with van der Waals surface area (Å²) >= 11 is 0. The van der Waals surface area contributed by atoms with Gasteiger partial charge in [0.2, 0.25) is 0 Å². The Hall–Kier alpha value is -1.50. The van der Waals surface area contributed by atoms with Gasteiger partial charge in [-0.25, -0.2) is 4.79 Å². The summed E-state index contributed by atoms with van der Waals surface area (Å²) in [6, 6.07) is 1.06. The fraction of sp³-hybridized carbons (Fsp3) is 0.889. The summed E-state index contributed by atoms with van der Waals surface area (Å²) in [5.74, 6) is 0.890. The maximum atomic E-state index is 11.5. The van der Waals surface area contributed by atoms with Gasteiger partial charge in [0.1, 0.15) is 5.60 Å². The first-order valence-corrected chi connectivity index (χ1v) is 9.53. The van der Waals surface area contributed by atoms with E-state index in [1.807, 2.05) is 34.7 Å². The molecule has 0 aromatic heterocycles. The van der Waals surface area contributed by atoms with Crippen molar-refractivity contribution in [3.8, 4) is 0 Å². The van der Waals surface area contributed by atoms with Gasteiger partial charge in [-0.1, -0.05) is 0 Å². The molecule has 0 saturated heterocycles. The second-order valence-electron chi connectivity index (χ2n) is 7.51. The molecule has 1 aliphatic rings. The van der Waals surface area contributed by atoms with Crippen LogP contribution < -0.4 is 21.3 Å². The molecule has 0 radical (unpaired) electrons. The minimum Gasteiger partial charge on any atom is -0.444 e. The van der Waals surface area contributed by atoms with Crippen LogP contribution in [0.1, 0.15) is 59.8 Å². The van der Waals surface area contributed by atoms with Gasteiger partial charge in [0, 0.05) is 32.2 Å². The minimum atomic E-state index is -0.437. The summed E-state index contributed by atoms with van der Waals surface area (Å²) in [4.78, 5) is 15.9. The average Bonchev–Trinajstić information content (AvgIpc) is 2.96. The lowest BCUT2D eigenvalue weighted by atomic mass is 10.2. The number of alkyl carbamates (subject to hydrolysis) is 1. The van der Waals surface area contributed by atoms with E-state index in [0.29, 0.717) is 18.6 Å². The van der Waals surface area contributed by atoms with Crippen LogP contribution in [-0.2, 0) is 4.74 Å². The highest BCUT2D eigenvalue weighted by molar-refractivity contribution is 5.79. The van der Waals surface area contributed by atoms with Gasteiger partial charge >= 0.3 is 6.09 Å². The predicted molar refractivity (Wildman–Crippen MR) is 103 cm³/mol. The van der Waals surface area contributed by atoms with Gasteiger partial charge in [0.25, 0.3) is 0 Å². The molecule has 0 aromatic rings. The van der Waals surface area contributed by atoms with E-state index in [4.69, 9.17) is 4.74 Å². The van der Waals surface area contributed by atoms with Crippen LogP contribution in [0.15, 0.2) is 4.99 Å². The Labute approximate surface area is 152 Å². The molecule has 4 N–H and O–H groups in total. The average molecular weight is 356 g/mol. The van der Waals surface area contributed by atoms with E-state index in [-0.39, 0.29) is 6.09 Å². The number of ether oxygens (including phenoxy) is 1. The highest BCUT2D eigenvalue weighted by Gasteiger charge is 2.24.